The van der Waals surface area contributed by atoms with Crippen molar-refractivity contribution < 1.29 is 9.95 Å². The predicted octanol–water partition coefficient (Wildman–Crippen LogP) is 6.06. The SMILES string of the molecule is CC(C)(C)CC(C)(C)c1cc(-n2nc3ccccc3[n+]2[O-])cc(C(C)(C)C(O)C(C)(C)C)c1. The van der Waals surface area contributed by atoms with Crippen molar-refractivity contribution in [1.29, 1.82) is 0 Å². The van der Waals surface area contributed by atoms with Crippen LogP contribution in [-0.2, 0) is 10.8 Å². The van der Waals surface area contributed by atoms with Gasteiger partial charge in [0.15, 0.2) is 0 Å². The lowest BCUT2D eigenvalue weighted by molar-refractivity contribution is -0.664. The molecule has 0 saturated heterocycles. The first-order chi connectivity index (χ1) is 14.9. The Balaban J connectivity index is 2.27. The highest BCUT2D eigenvalue weighted by molar-refractivity contribution is 5.70. The molecule has 0 bridgehead atoms. The third-order valence-corrected chi connectivity index (χ3v) is 6.61. The summed E-state index contributed by atoms with van der Waals surface area (Å²) >= 11 is 0. The number of fused-ring (bicyclic) bond motifs is 1. The number of benzene rings is 2. The van der Waals surface area contributed by atoms with Gasteiger partial charge < -0.3 is 10.3 Å². The smallest absolute Gasteiger partial charge is 0.250 e. The minimum Gasteiger partial charge on any atom is -0.692 e. The fourth-order valence-corrected chi connectivity index (χ4v) is 5.28. The lowest BCUT2D eigenvalue weighted by Gasteiger charge is -2.40. The van der Waals surface area contributed by atoms with Crippen LogP contribution in [0.1, 0.15) is 86.8 Å². The molecule has 2 aromatic carbocycles. The molecular weight excluding hydrogens is 410 g/mol. The highest BCUT2D eigenvalue weighted by Gasteiger charge is 2.39. The molecule has 0 aliphatic carbocycles. The summed E-state index contributed by atoms with van der Waals surface area (Å²) in [5, 5.41) is 29.0. The molecule has 1 atom stereocenters. The highest BCUT2D eigenvalue weighted by Crippen LogP contribution is 2.41. The van der Waals surface area contributed by atoms with E-state index in [1.54, 1.807) is 6.07 Å². The van der Waals surface area contributed by atoms with E-state index in [1.165, 1.54) is 4.80 Å². The lowest BCUT2D eigenvalue weighted by atomic mass is 9.67. The summed E-state index contributed by atoms with van der Waals surface area (Å²) in [4.78, 5) is 2.28. The number of hydrogen-bond acceptors (Lipinski definition) is 3. The number of aliphatic hydroxyl groups excluding tert-OH is 1. The minimum absolute atomic E-state index is 0.133. The van der Waals surface area contributed by atoms with Gasteiger partial charge in [0, 0.05) is 5.41 Å². The Labute approximate surface area is 199 Å². The van der Waals surface area contributed by atoms with Crippen LogP contribution in [0.4, 0.5) is 0 Å². The van der Waals surface area contributed by atoms with Gasteiger partial charge in [-0.2, -0.15) is 0 Å². The Kier molecular flexibility index (Phi) is 6.21. The molecule has 0 amide bonds. The Morgan fingerprint density at radius 2 is 1.48 bits per heavy atom. The maximum absolute atomic E-state index is 13.1. The van der Waals surface area contributed by atoms with Crippen LogP contribution in [0.25, 0.3) is 16.7 Å². The van der Waals surface area contributed by atoms with E-state index in [9.17, 15) is 10.3 Å². The van der Waals surface area contributed by atoms with E-state index in [2.05, 4.69) is 86.5 Å². The molecule has 0 aliphatic heterocycles. The van der Waals surface area contributed by atoms with E-state index in [4.69, 9.17) is 0 Å². The monoisotopic (exact) mass is 451 g/mol. The number of para-hydroxylation sites is 1. The number of aromatic nitrogens is 3. The molecule has 0 aliphatic rings. The Hall–Kier alpha value is -2.40. The van der Waals surface area contributed by atoms with Crippen molar-refractivity contribution >= 4 is 11.0 Å². The fourth-order valence-electron chi connectivity index (χ4n) is 5.28. The highest BCUT2D eigenvalue weighted by atomic mass is 16.5. The zero-order valence-electron chi connectivity index (χ0n) is 22.0. The van der Waals surface area contributed by atoms with Gasteiger partial charge in [0.25, 0.3) is 0 Å². The largest absolute Gasteiger partial charge is 0.692 e. The Morgan fingerprint density at radius 3 is 2.03 bits per heavy atom. The number of aliphatic hydroxyl groups is 1. The summed E-state index contributed by atoms with van der Waals surface area (Å²) in [6, 6.07) is 13.7. The standard InChI is InChI=1S/C28H41N3O2/c1-25(2,3)18-27(7,8)19-15-20(28(9,10)24(32)26(4,5)6)17-21(16-19)30-29-22-13-11-12-14-23(22)31(30)33/h11-17,24,32H,18H2,1-10H3. The first kappa shape index (κ1) is 25.2. The van der Waals surface area contributed by atoms with Crippen LogP contribution in [-0.4, -0.2) is 21.1 Å². The molecule has 0 saturated carbocycles. The van der Waals surface area contributed by atoms with Gasteiger partial charge in [0.2, 0.25) is 11.0 Å². The Bertz CT molecular complexity index is 1140. The van der Waals surface area contributed by atoms with E-state index >= 15 is 0 Å². The van der Waals surface area contributed by atoms with Gasteiger partial charge in [-0.15, -0.1) is 4.85 Å². The number of rotatable bonds is 5. The van der Waals surface area contributed by atoms with E-state index in [0.29, 0.717) is 16.7 Å². The van der Waals surface area contributed by atoms with Gasteiger partial charge in [-0.25, -0.2) is 0 Å². The van der Waals surface area contributed by atoms with E-state index in [1.807, 2.05) is 24.3 Å². The first-order valence-electron chi connectivity index (χ1n) is 11.9. The van der Waals surface area contributed by atoms with Crippen molar-refractivity contribution in [1.82, 2.24) is 9.90 Å². The summed E-state index contributed by atoms with van der Waals surface area (Å²) in [5.74, 6) is 0. The third kappa shape index (κ3) is 5.08. The van der Waals surface area contributed by atoms with E-state index in [0.717, 1.165) is 22.4 Å². The molecule has 3 aromatic rings. The second kappa shape index (κ2) is 8.12. The van der Waals surface area contributed by atoms with Crippen molar-refractivity contribution in [2.75, 3.05) is 0 Å². The van der Waals surface area contributed by atoms with Gasteiger partial charge >= 0.3 is 0 Å². The molecule has 5 heteroatoms. The van der Waals surface area contributed by atoms with Crippen LogP contribution < -0.4 is 4.85 Å². The Morgan fingerprint density at radius 1 is 0.909 bits per heavy atom. The fraction of sp³-hybridized carbons (Fsp3) is 0.571. The molecule has 33 heavy (non-hydrogen) atoms. The van der Waals surface area contributed by atoms with Crippen LogP contribution in [0.2, 0.25) is 0 Å². The molecule has 5 nitrogen and oxygen atoms in total. The summed E-state index contributed by atoms with van der Waals surface area (Å²) in [6.45, 7) is 21.6. The van der Waals surface area contributed by atoms with Crippen molar-refractivity contribution in [2.45, 2.75) is 92.6 Å². The van der Waals surface area contributed by atoms with Gasteiger partial charge in [0.05, 0.1) is 11.2 Å². The molecule has 0 spiro atoms. The number of nitrogens with zero attached hydrogens (tertiary/aromatic N) is 3. The average Bonchev–Trinajstić information content (AvgIpc) is 3.01. The minimum atomic E-state index is -0.574. The van der Waals surface area contributed by atoms with Crippen molar-refractivity contribution in [3.05, 3.63) is 58.8 Å². The van der Waals surface area contributed by atoms with Crippen molar-refractivity contribution in [3.63, 3.8) is 0 Å². The zero-order valence-corrected chi connectivity index (χ0v) is 22.0. The molecule has 0 fully saturated rings. The molecule has 3 rings (SSSR count). The van der Waals surface area contributed by atoms with E-state index in [-0.39, 0.29) is 16.2 Å². The zero-order chi connectivity index (χ0) is 25.0. The van der Waals surface area contributed by atoms with Gasteiger partial charge in [-0.05, 0) is 62.9 Å². The predicted molar refractivity (Wildman–Crippen MR) is 136 cm³/mol. The van der Waals surface area contributed by atoms with Crippen LogP contribution in [0, 0.1) is 16.0 Å². The van der Waals surface area contributed by atoms with Crippen LogP contribution in [0.3, 0.4) is 0 Å². The molecule has 1 N–H and O–H groups in total. The third-order valence-electron chi connectivity index (χ3n) is 6.61. The molecule has 1 heterocycles. The summed E-state index contributed by atoms with van der Waals surface area (Å²) in [6.07, 6.45) is 0.402. The molecular formula is C28H41N3O2. The molecule has 1 unspecified atom stereocenters. The molecule has 180 valence electrons. The normalized spacial score (nSPS) is 14.6. The first-order valence-corrected chi connectivity index (χ1v) is 11.9. The lowest BCUT2D eigenvalue weighted by Crippen LogP contribution is -2.43. The molecule has 0 radical (unpaired) electrons. The average molecular weight is 452 g/mol. The quantitative estimate of drug-likeness (QED) is 0.379. The van der Waals surface area contributed by atoms with Gasteiger partial charge in [-0.1, -0.05) is 87.4 Å². The second-order valence-corrected chi connectivity index (χ2v) is 13.0. The maximum Gasteiger partial charge on any atom is 0.250 e. The van der Waals surface area contributed by atoms with Crippen LogP contribution >= 0.6 is 0 Å². The van der Waals surface area contributed by atoms with Gasteiger partial charge in [0.1, 0.15) is 5.69 Å². The van der Waals surface area contributed by atoms with E-state index < -0.39 is 11.5 Å². The summed E-state index contributed by atoms with van der Waals surface area (Å²) < 4.78 is 0. The summed E-state index contributed by atoms with van der Waals surface area (Å²) in [7, 11) is 0. The molecule has 1 aromatic heterocycles. The maximum atomic E-state index is 13.1. The van der Waals surface area contributed by atoms with Crippen LogP contribution in [0.15, 0.2) is 42.5 Å². The van der Waals surface area contributed by atoms with Gasteiger partial charge in [-0.3, -0.25) is 0 Å². The van der Waals surface area contributed by atoms with Crippen molar-refractivity contribution in [3.8, 4) is 5.69 Å². The topological polar surface area (TPSA) is 65.0 Å². The van der Waals surface area contributed by atoms with Crippen LogP contribution in [0.5, 0.6) is 0 Å². The second-order valence-electron chi connectivity index (χ2n) is 13.0. The number of hydrogen-bond donors (Lipinski definition) is 1. The van der Waals surface area contributed by atoms with Crippen molar-refractivity contribution in [2.24, 2.45) is 10.8 Å². The summed E-state index contributed by atoms with van der Waals surface area (Å²) in [5.41, 5.74) is 3.23.